The van der Waals surface area contributed by atoms with Crippen molar-refractivity contribution in [1.29, 1.82) is 0 Å². The van der Waals surface area contributed by atoms with Gasteiger partial charge in [-0.15, -0.1) is 5.10 Å². The van der Waals surface area contributed by atoms with Crippen molar-refractivity contribution in [3.05, 3.63) is 64.7 Å². The van der Waals surface area contributed by atoms with Crippen LogP contribution in [0.25, 0.3) is 11.5 Å². The van der Waals surface area contributed by atoms with Crippen LogP contribution < -0.4 is 5.32 Å². The number of nitrogens with zero attached hydrogens (tertiary/aromatic N) is 2. The number of hydrogen-bond acceptors (Lipinski definition) is 4. The lowest BCUT2D eigenvalue weighted by atomic mass is 10.1. The quantitative estimate of drug-likeness (QED) is 0.795. The molecule has 0 unspecified atom stereocenters. The van der Waals surface area contributed by atoms with Gasteiger partial charge in [0.1, 0.15) is 0 Å². The maximum absolute atomic E-state index is 12.1. The largest absolute Gasteiger partial charge is 0.403 e. The lowest BCUT2D eigenvalue weighted by Crippen LogP contribution is -2.12. The molecule has 0 aliphatic rings. The lowest BCUT2D eigenvalue weighted by molar-refractivity contribution is 0.102. The first-order chi connectivity index (χ1) is 10.6. The molecule has 0 saturated heterocycles. The average Bonchev–Trinajstić information content (AvgIpc) is 2.96. The number of hydrogen-bond donors (Lipinski definition) is 1. The van der Waals surface area contributed by atoms with Gasteiger partial charge in [-0.1, -0.05) is 40.5 Å². The van der Waals surface area contributed by atoms with Gasteiger partial charge >= 0.3 is 6.01 Å². The van der Waals surface area contributed by atoms with Gasteiger partial charge in [-0.05, 0) is 37.3 Å². The molecule has 110 valence electrons. The normalized spacial score (nSPS) is 10.5. The van der Waals surface area contributed by atoms with E-state index in [0.29, 0.717) is 22.0 Å². The van der Waals surface area contributed by atoms with E-state index in [1.165, 1.54) is 0 Å². The molecule has 0 aliphatic heterocycles. The highest BCUT2D eigenvalue weighted by Gasteiger charge is 2.13. The van der Waals surface area contributed by atoms with Crippen molar-refractivity contribution in [1.82, 2.24) is 10.2 Å². The lowest BCUT2D eigenvalue weighted by Gasteiger charge is -2.01. The van der Waals surface area contributed by atoms with E-state index in [-0.39, 0.29) is 11.9 Å². The molecular weight excluding hydrogens is 302 g/mol. The number of carbonyl (C=O) groups excluding carboxylic acids is 1. The molecule has 0 saturated carbocycles. The van der Waals surface area contributed by atoms with Gasteiger partial charge in [0.25, 0.3) is 5.91 Å². The second-order valence-corrected chi connectivity index (χ2v) is 5.18. The van der Waals surface area contributed by atoms with Crippen molar-refractivity contribution in [3.63, 3.8) is 0 Å². The van der Waals surface area contributed by atoms with Gasteiger partial charge in [-0.2, -0.15) is 0 Å². The average molecular weight is 314 g/mol. The highest BCUT2D eigenvalue weighted by molar-refractivity contribution is 6.30. The zero-order valence-electron chi connectivity index (χ0n) is 11.7. The van der Waals surface area contributed by atoms with E-state index in [1.54, 1.807) is 36.4 Å². The fourth-order valence-corrected chi connectivity index (χ4v) is 2.16. The maximum atomic E-state index is 12.1. The summed E-state index contributed by atoms with van der Waals surface area (Å²) in [6, 6.07) is 14.3. The van der Waals surface area contributed by atoms with E-state index in [4.69, 9.17) is 16.0 Å². The van der Waals surface area contributed by atoms with Crippen LogP contribution in [0.3, 0.4) is 0 Å². The van der Waals surface area contributed by atoms with Crippen LogP contribution in [-0.2, 0) is 0 Å². The molecule has 2 aromatic carbocycles. The van der Waals surface area contributed by atoms with E-state index < -0.39 is 0 Å². The molecule has 0 bridgehead atoms. The highest BCUT2D eigenvalue weighted by Crippen LogP contribution is 2.23. The Balaban J connectivity index is 1.78. The number of carbonyl (C=O) groups is 1. The minimum atomic E-state index is -0.301. The first kappa shape index (κ1) is 14.3. The Hall–Kier alpha value is -2.66. The van der Waals surface area contributed by atoms with E-state index in [1.807, 2.05) is 19.1 Å². The molecule has 1 heterocycles. The third-order valence-corrected chi connectivity index (χ3v) is 3.23. The predicted molar refractivity (Wildman–Crippen MR) is 83.9 cm³/mol. The number of rotatable bonds is 3. The van der Waals surface area contributed by atoms with Crippen molar-refractivity contribution >= 4 is 23.5 Å². The molecule has 0 radical (unpaired) electrons. The molecule has 5 nitrogen and oxygen atoms in total. The van der Waals surface area contributed by atoms with E-state index in [2.05, 4.69) is 15.5 Å². The van der Waals surface area contributed by atoms with Gasteiger partial charge in [-0.25, -0.2) is 0 Å². The zero-order valence-corrected chi connectivity index (χ0v) is 12.5. The van der Waals surface area contributed by atoms with Crippen LogP contribution in [0.4, 0.5) is 6.01 Å². The molecule has 22 heavy (non-hydrogen) atoms. The van der Waals surface area contributed by atoms with Gasteiger partial charge in [0, 0.05) is 16.1 Å². The predicted octanol–water partition coefficient (Wildman–Crippen LogP) is 3.95. The smallest absolute Gasteiger partial charge is 0.322 e. The molecular formula is C16H12ClN3O2. The molecule has 1 amide bonds. The summed E-state index contributed by atoms with van der Waals surface area (Å²) in [4.78, 5) is 12.1. The number of aryl methyl sites for hydroxylation is 1. The van der Waals surface area contributed by atoms with Crippen LogP contribution in [0.2, 0.25) is 5.02 Å². The number of benzene rings is 2. The summed E-state index contributed by atoms with van der Waals surface area (Å²) in [5.74, 6) is -0.00737. The molecule has 0 aliphatic carbocycles. The van der Waals surface area contributed by atoms with Gasteiger partial charge in [0.2, 0.25) is 5.89 Å². The first-order valence-corrected chi connectivity index (χ1v) is 6.97. The van der Waals surface area contributed by atoms with Crippen LogP contribution in [0.5, 0.6) is 0 Å². The van der Waals surface area contributed by atoms with Crippen LogP contribution in [-0.4, -0.2) is 16.1 Å². The number of amides is 1. The van der Waals surface area contributed by atoms with Crippen LogP contribution in [0, 0.1) is 6.92 Å². The Labute approximate surface area is 131 Å². The maximum Gasteiger partial charge on any atom is 0.322 e. The van der Waals surface area contributed by atoms with Crippen molar-refractivity contribution in [2.75, 3.05) is 5.32 Å². The SMILES string of the molecule is Cc1cccc(C(=O)Nc2nnc(-c3cccc(Cl)c3)o2)c1. The highest BCUT2D eigenvalue weighted by atomic mass is 35.5. The van der Waals surface area contributed by atoms with E-state index >= 15 is 0 Å². The second kappa shape index (κ2) is 5.99. The van der Waals surface area contributed by atoms with Gasteiger partial charge in [-0.3, -0.25) is 10.1 Å². The van der Waals surface area contributed by atoms with Gasteiger partial charge < -0.3 is 4.42 Å². The fraction of sp³-hybridized carbons (Fsp3) is 0.0625. The summed E-state index contributed by atoms with van der Waals surface area (Å²) in [7, 11) is 0. The third-order valence-electron chi connectivity index (χ3n) is 3.00. The summed E-state index contributed by atoms with van der Waals surface area (Å²) in [5.41, 5.74) is 2.22. The Morgan fingerprint density at radius 3 is 2.73 bits per heavy atom. The molecule has 0 fully saturated rings. The van der Waals surface area contributed by atoms with Crippen LogP contribution in [0.15, 0.2) is 52.9 Å². The number of aromatic nitrogens is 2. The summed E-state index contributed by atoms with van der Waals surface area (Å²) < 4.78 is 5.43. The first-order valence-electron chi connectivity index (χ1n) is 6.59. The van der Waals surface area contributed by atoms with Crippen LogP contribution in [0.1, 0.15) is 15.9 Å². The minimum Gasteiger partial charge on any atom is -0.403 e. The Morgan fingerprint density at radius 2 is 1.95 bits per heavy atom. The summed E-state index contributed by atoms with van der Waals surface area (Å²) in [6.07, 6.45) is 0. The number of halogens is 1. The third kappa shape index (κ3) is 3.15. The standard InChI is InChI=1S/C16H12ClN3O2/c1-10-4-2-5-11(8-10)14(21)18-16-20-19-15(22-16)12-6-3-7-13(17)9-12/h2-9H,1H3,(H,18,20,21). The monoisotopic (exact) mass is 313 g/mol. The van der Waals surface area contributed by atoms with E-state index in [9.17, 15) is 4.79 Å². The summed E-state index contributed by atoms with van der Waals surface area (Å²) >= 11 is 5.92. The molecule has 0 atom stereocenters. The Kier molecular flexibility index (Phi) is 3.89. The summed E-state index contributed by atoms with van der Waals surface area (Å²) in [5, 5.41) is 10.9. The van der Waals surface area contributed by atoms with Crippen molar-refractivity contribution in [3.8, 4) is 11.5 Å². The van der Waals surface area contributed by atoms with Crippen molar-refractivity contribution in [2.24, 2.45) is 0 Å². The Morgan fingerprint density at radius 1 is 1.14 bits per heavy atom. The van der Waals surface area contributed by atoms with Gasteiger partial charge in [0.15, 0.2) is 0 Å². The minimum absolute atomic E-state index is 0.0430. The second-order valence-electron chi connectivity index (χ2n) is 4.75. The topological polar surface area (TPSA) is 68.0 Å². The van der Waals surface area contributed by atoms with Crippen LogP contribution >= 0.6 is 11.6 Å². The fourth-order valence-electron chi connectivity index (χ4n) is 1.97. The van der Waals surface area contributed by atoms with Crippen molar-refractivity contribution in [2.45, 2.75) is 6.92 Å². The number of nitrogens with one attached hydrogen (secondary N) is 1. The van der Waals surface area contributed by atoms with E-state index in [0.717, 1.165) is 5.56 Å². The molecule has 3 rings (SSSR count). The molecule has 0 spiro atoms. The zero-order chi connectivity index (χ0) is 15.5. The molecule has 6 heteroatoms. The summed E-state index contributed by atoms with van der Waals surface area (Å²) in [6.45, 7) is 1.92. The molecule has 1 N–H and O–H groups in total. The number of anilines is 1. The molecule has 1 aromatic heterocycles. The van der Waals surface area contributed by atoms with Gasteiger partial charge in [0.05, 0.1) is 0 Å². The Bertz CT molecular complexity index is 830. The molecule has 3 aromatic rings. The van der Waals surface area contributed by atoms with Crippen molar-refractivity contribution < 1.29 is 9.21 Å².